The first kappa shape index (κ1) is 12.4. The van der Waals surface area contributed by atoms with Gasteiger partial charge in [0.25, 0.3) is 0 Å². The number of rotatable bonds is 2. The molecule has 1 fully saturated rings. The van der Waals surface area contributed by atoms with E-state index in [1.54, 1.807) is 7.11 Å². The number of nitrogens with zero attached hydrogens (tertiary/aromatic N) is 2. The molecular formula is C12H19N3OS. The van der Waals surface area contributed by atoms with Gasteiger partial charge in [-0.15, -0.1) is 0 Å². The minimum absolute atomic E-state index is 0.515. The summed E-state index contributed by atoms with van der Waals surface area (Å²) < 4.78 is 5.16. The summed E-state index contributed by atoms with van der Waals surface area (Å²) in [7, 11) is 1.60. The Morgan fingerprint density at radius 2 is 2.00 bits per heavy atom. The number of nitrogen functional groups attached to an aromatic ring is 1. The summed E-state index contributed by atoms with van der Waals surface area (Å²) >= 11 is 2.03. The fourth-order valence-electron chi connectivity index (χ4n) is 2.15. The third kappa shape index (κ3) is 2.77. The summed E-state index contributed by atoms with van der Waals surface area (Å²) in [4.78, 5) is 6.75. The van der Waals surface area contributed by atoms with Crippen LogP contribution in [0.15, 0.2) is 12.1 Å². The van der Waals surface area contributed by atoms with Crippen molar-refractivity contribution in [3.05, 3.63) is 12.1 Å². The Labute approximate surface area is 107 Å². The number of thioether (sulfide) groups is 1. The quantitative estimate of drug-likeness (QED) is 0.873. The fourth-order valence-corrected chi connectivity index (χ4v) is 3.47. The number of anilines is 2. The van der Waals surface area contributed by atoms with Crippen molar-refractivity contribution in [3.63, 3.8) is 0 Å². The molecule has 2 heterocycles. The van der Waals surface area contributed by atoms with Gasteiger partial charge in [0.1, 0.15) is 5.82 Å². The third-order valence-electron chi connectivity index (χ3n) is 2.81. The third-order valence-corrected chi connectivity index (χ3v) is 4.04. The summed E-state index contributed by atoms with van der Waals surface area (Å²) in [6.07, 6.45) is 0. The van der Waals surface area contributed by atoms with Gasteiger partial charge < -0.3 is 15.4 Å². The van der Waals surface area contributed by atoms with Gasteiger partial charge >= 0.3 is 0 Å². The Hall–Kier alpha value is -1.10. The van der Waals surface area contributed by atoms with Crippen LogP contribution in [0.2, 0.25) is 0 Å². The summed E-state index contributed by atoms with van der Waals surface area (Å²) in [5, 5.41) is 1.26. The predicted octanol–water partition coefficient (Wildman–Crippen LogP) is 2.00. The van der Waals surface area contributed by atoms with Gasteiger partial charge in [0.2, 0.25) is 5.88 Å². The minimum Gasteiger partial charge on any atom is -0.479 e. The standard InChI is InChI=1S/C12H19N3OS/c1-8-6-15(7-9(2)17-8)11-5-4-10(13)12(14-11)16-3/h4-5,8-9H,6-7,13H2,1-3H3. The van der Waals surface area contributed by atoms with E-state index < -0.39 is 0 Å². The van der Waals surface area contributed by atoms with E-state index in [9.17, 15) is 0 Å². The van der Waals surface area contributed by atoms with Gasteiger partial charge in [0, 0.05) is 23.6 Å². The van der Waals surface area contributed by atoms with Crippen molar-refractivity contribution in [1.82, 2.24) is 4.98 Å². The lowest BCUT2D eigenvalue weighted by molar-refractivity contribution is 0.400. The van der Waals surface area contributed by atoms with Gasteiger partial charge in [-0.2, -0.15) is 16.7 Å². The van der Waals surface area contributed by atoms with Crippen LogP contribution in [0.1, 0.15) is 13.8 Å². The number of pyridine rings is 1. The lowest BCUT2D eigenvalue weighted by atomic mass is 10.3. The van der Waals surface area contributed by atoms with E-state index in [-0.39, 0.29) is 0 Å². The Balaban J connectivity index is 2.21. The van der Waals surface area contributed by atoms with Crippen molar-refractivity contribution in [2.24, 2.45) is 0 Å². The van der Waals surface area contributed by atoms with Crippen LogP contribution in [-0.4, -0.2) is 35.7 Å². The van der Waals surface area contributed by atoms with Crippen molar-refractivity contribution < 1.29 is 4.74 Å². The number of hydrogen-bond donors (Lipinski definition) is 1. The Morgan fingerprint density at radius 3 is 2.59 bits per heavy atom. The van der Waals surface area contributed by atoms with Crippen molar-refractivity contribution in [3.8, 4) is 5.88 Å². The molecule has 5 heteroatoms. The topological polar surface area (TPSA) is 51.4 Å². The number of nitrogens with two attached hydrogens (primary N) is 1. The van der Waals surface area contributed by atoms with E-state index in [2.05, 4.69) is 23.7 Å². The molecule has 1 aromatic rings. The van der Waals surface area contributed by atoms with Crippen LogP contribution in [0.3, 0.4) is 0 Å². The average molecular weight is 253 g/mol. The van der Waals surface area contributed by atoms with Gasteiger partial charge in [0.15, 0.2) is 0 Å². The molecule has 1 saturated heterocycles. The van der Waals surface area contributed by atoms with E-state index in [0.29, 0.717) is 22.1 Å². The molecule has 0 saturated carbocycles. The molecule has 2 rings (SSSR count). The number of methoxy groups -OCH3 is 1. The van der Waals surface area contributed by atoms with E-state index in [4.69, 9.17) is 10.5 Å². The summed E-state index contributed by atoms with van der Waals surface area (Å²) in [6.45, 7) is 6.55. The smallest absolute Gasteiger partial charge is 0.238 e. The maximum absolute atomic E-state index is 5.77. The second-order valence-electron chi connectivity index (χ2n) is 4.43. The molecule has 0 radical (unpaired) electrons. The van der Waals surface area contributed by atoms with Crippen LogP contribution in [0.5, 0.6) is 5.88 Å². The van der Waals surface area contributed by atoms with E-state index in [0.717, 1.165) is 18.9 Å². The zero-order valence-corrected chi connectivity index (χ0v) is 11.3. The Morgan fingerprint density at radius 1 is 1.35 bits per heavy atom. The zero-order chi connectivity index (χ0) is 12.4. The monoisotopic (exact) mass is 253 g/mol. The number of hydrogen-bond acceptors (Lipinski definition) is 5. The second kappa shape index (κ2) is 5.04. The minimum atomic E-state index is 0.515. The van der Waals surface area contributed by atoms with Gasteiger partial charge in [-0.25, -0.2) is 0 Å². The van der Waals surface area contributed by atoms with Crippen molar-refractivity contribution >= 4 is 23.3 Å². The lowest BCUT2D eigenvalue weighted by Gasteiger charge is -2.35. The van der Waals surface area contributed by atoms with Crippen LogP contribution < -0.4 is 15.4 Å². The summed E-state index contributed by atoms with van der Waals surface area (Å²) in [5.74, 6) is 1.47. The molecule has 1 aliphatic rings. The maximum atomic E-state index is 5.77. The SMILES string of the molecule is COc1nc(N2CC(C)SC(C)C2)ccc1N. The Kier molecular flexibility index (Phi) is 3.66. The van der Waals surface area contributed by atoms with Gasteiger partial charge in [-0.3, -0.25) is 0 Å². The molecule has 0 aliphatic carbocycles. The normalized spacial score (nSPS) is 24.8. The van der Waals surface area contributed by atoms with Crippen LogP contribution in [0, 0.1) is 0 Å². The molecule has 0 aromatic carbocycles. The largest absolute Gasteiger partial charge is 0.479 e. The summed E-state index contributed by atoms with van der Waals surface area (Å²) in [5.41, 5.74) is 6.36. The molecule has 17 heavy (non-hydrogen) atoms. The van der Waals surface area contributed by atoms with Crippen LogP contribution >= 0.6 is 11.8 Å². The molecule has 1 aromatic heterocycles. The highest BCUT2D eigenvalue weighted by Crippen LogP contribution is 2.29. The van der Waals surface area contributed by atoms with Crippen molar-refractivity contribution in [1.29, 1.82) is 0 Å². The maximum Gasteiger partial charge on any atom is 0.238 e. The molecule has 4 nitrogen and oxygen atoms in total. The van der Waals surface area contributed by atoms with Gasteiger partial charge in [-0.05, 0) is 12.1 Å². The second-order valence-corrected chi connectivity index (χ2v) is 6.31. The first-order valence-corrected chi connectivity index (χ1v) is 6.75. The molecule has 0 amide bonds. The van der Waals surface area contributed by atoms with Crippen molar-refractivity contribution in [2.45, 2.75) is 24.3 Å². The highest BCUT2D eigenvalue weighted by Gasteiger charge is 2.23. The molecular weight excluding hydrogens is 234 g/mol. The zero-order valence-electron chi connectivity index (χ0n) is 10.5. The highest BCUT2D eigenvalue weighted by atomic mass is 32.2. The first-order chi connectivity index (χ1) is 8.10. The molecule has 94 valence electrons. The Bertz CT molecular complexity index is 389. The molecule has 0 spiro atoms. The van der Waals surface area contributed by atoms with E-state index in [1.165, 1.54) is 0 Å². The van der Waals surface area contributed by atoms with Crippen LogP contribution in [-0.2, 0) is 0 Å². The highest BCUT2D eigenvalue weighted by molar-refractivity contribution is 8.00. The molecule has 2 unspecified atom stereocenters. The first-order valence-electron chi connectivity index (χ1n) is 5.81. The van der Waals surface area contributed by atoms with Crippen LogP contribution in [0.25, 0.3) is 0 Å². The fraction of sp³-hybridized carbons (Fsp3) is 0.583. The molecule has 0 bridgehead atoms. The molecule has 1 aliphatic heterocycles. The average Bonchev–Trinajstić information content (AvgIpc) is 2.28. The summed E-state index contributed by atoms with van der Waals surface area (Å²) in [6, 6.07) is 3.82. The predicted molar refractivity (Wildman–Crippen MR) is 73.9 cm³/mol. The molecule has 2 N–H and O–H groups in total. The molecule has 2 atom stereocenters. The van der Waals surface area contributed by atoms with E-state index in [1.807, 2.05) is 23.9 Å². The van der Waals surface area contributed by atoms with Crippen LogP contribution in [0.4, 0.5) is 11.5 Å². The van der Waals surface area contributed by atoms with Gasteiger partial charge in [0.05, 0.1) is 12.8 Å². The van der Waals surface area contributed by atoms with Gasteiger partial charge in [-0.1, -0.05) is 13.8 Å². The van der Waals surface area contributed by atoms with E-state index >= 15 is 0 Å². The number of ether oxygens (including phenoxy) is 1. The lowest BCUT2D eigenvalue weighted by Crippen LogP contribution is -2.40. The number of aromatic nitrogens is 1. The van der Waals surface area contributed by atoms with Crippen molar-refractivity contribution in [2.75, 3.05) is 30.8 Å².